The Morgan fingerprint density at radius 3 is 1.91 bits per heavy atom. The van der Waals surface area contributed by atoms with Crippen LogP contribution in [-0.2, 0) is 46.7 Å². The van der Waals surface area contributed by atoms with Crippen LogP contribution in [-0.4, -0.2) is 50.3 Å². The van der Waals surface area contributed by atoms with E-state index in [0.717, 1.165) is 11.1 Å². The van der Waals surface area contributed by atoms with Gasteiger partial charge in [-0.15, -0.1) is 6.58 Å². The molecule has 1 fully saturated rings. The molecule has 0 saturated carbocycles. The molecular weight excluding hydrogens is 459 g/mol. The fraction of sp³-hybridized carbons (Fsp3) is 0.391. The zero-order valence-corrected chi connectivity index (χ0v) is 21.6. The Morgan fingerprint density at radius 1 is 0.909 bits per heavy atom. The van der Waals surface area contributed by atoms with Gasteiger partial charge in [-0.2, -0.15) is 0 Å². The fourth-order valence-electron chi connectivity index (χ4n) is 3.44. The van der Waals surface area contributed by atoms with Crippen molar-refractivity contribution in [2.24, 2.45) is 0 Å². The standard InChI is InChI=1S/C23H28O8S.Na/c1-3-14-27-23-22(29-16-19-12-8-5-9-13-19)21(28-15-18-10-6-4-7-11-18)20(17(2)30-23)31-32(24,25)26;/h3-13,17,20-23H,1,14-16H2,2H3,(H,24,25,26);/q;+1/p-1/t17-,20+,21+,22-,23+;/m0./s1. The van der Waals surface area contributed by atoms with Crippen molar-refractivity contribution >= 4 is 10.4 Å². The van der Waals surface area contributed by atoms with Crippen LogP contribution in [0.1, 0.15) is 18.1 Å². The Hall–Kier alpha value is -1.11. The molecule has 0 spiro atoms. The first kappa shape index (κ1) is 28.1. The van der Waals surface area contributed by atoms with Gasteiger partial charge in [-0.3, -0.25) is 4.18 Å². The minimum atomic E-state index is -5.02. The SMILES string of the molecule is C=CCO[C@@H]1O[C@@H](C)[C@@H](OS(=O)(=O)[O-])[C@@H](OCc2ccccc2)[C@@H]1OCc1ccccc1.[Na+]. The van der Waals surface area contributed by atoms with Crippen molar-refractivity contribution in [2.45, 2.75) is 50.8 Å². The van der Waals surface area contributed by atoms with Gasteiger partial charge in [0.15, 0.2) is 6.29 Å². The van der Waals surface area contributed by atoms with E-state index in [1.165, 1.54) is 0 Å². The van der Waals surface area contributed by atoms with E-state index in [9.17, 15) is 13.0 Å². The summed E-state index contributed by atoms with van der Waals surface area (Å²) >= 11 is 0. The molecule has 174 valence electrons. The predicted molar refractivity (Wildman–Crippen MR) is 115 cm³/mol. The van der Waals surface area contributed by atoms with Crippen molar-refractivity contribution in [3.8, 4) is 0 Å². The topological polar surface area (TPSA) is 103 Å². The van der Waals surface area contributed by atoms with Gasteiger partial charge in [0.05, 0.1) is 25.9 Å². The number of rotatable bonds is 11. The average molecular weight is 487 g/mol. The van der Waals surface area contributed by atoms with Gasteiger partial charge in [-0.25, -0.2) is 8.42 Å². The van der Waals surface area contributed by atoms with E-state index in [-0.39, 0.29) is 49.4 Å². The largest absolute Gasteiger partial charge is 1.00 e. The van der Waals surface area contributed by atoms with Crippen LogP contribution >= 0.6 is 0 Å². The molecule has 0 aromatic heterocycles. The van der Waals surface area contributed by atoms with Gasteiger partial charge in [0.2, 0.25) is 10.4 Å². The monoisotopic (exact) mass is 486 g/mol. The molecule has 1 aliphatic rings. The van der Waals surface area contributed by atoms with Crippen LogP contribution in [0.2, 0.25) is 0 Å². The summed E-state index contributed by atoms with van der Waals surface area (Å²) in [4.78, 5) is 0. The van der Waals surface area contributed by atoms with Crippen molar-refractivity contribution in [1.82, 2.24) is 0 Å². The third-order valence-electron chi connectivity index (χ3n) is 4.91. The van der Waals surface area contributed by atoms with Crippen LogP contribution < -0.4 is 29.6 Å². The molecule has 5 atom stereocenters. The summed E-state index contributed by atoms with van der Waals surface area (Å²) < 4.78 is 62.8. The minimum absolute atomic E-state index is 0. The summed E-state index contributed by atoms with van der Waals surface area (Å²) in [5.74, 6) is 0. The molecule has 0 N–H and O–H groups in total. The van der Waals surface area contributed by atoms with Gasteiger partial charge in [-0.05, 0) is 18.1 Å². The third kappa shape index (κ3) is 8.88. The van der Waals surface area contributed by atoms with E-state index >= 15 is 0 Å². The second-order valence-corrected chi connectivity index (χ2v) is 8.33. The maximum atomic E-state index is 11.4. The zero-order chi connectivity index (χ0) is 23.0. The summed E-state index contributed by atoms with van der Waals surface area (Å²) in [5, 5.41) is 0. The molecule has 0 bridgehead atoms. The summed E-state index contributed by atoms with van der Waals surface area (Å²) in [6.45, 7) is 5.76. The van der Waals surface area contributed by atoms with E-state index < -0.39 is 41.1 Å². The molecule has 0 radical (unpaired) electrons. The van der Waals surface area contributed by atoms with Crippen molar-refractivity contribution in [3.05, 3.63) is 84.4 Å². The van der Waals surface area contributed by atoms with Crippen molar-refractivity contribution in [1.29, 1.82) is 0 Å². The molecule has 33 heavy (non-hydrogen) atoms. The van der Waals surface area contributed by atoms with Gasteiger partial charge in [0, 0.05) is 0 Å². The molecule has 0 unspecified atom stereocenters. The Morgan fingerprint density at radius 2 is 1.42 bits per heavy atom. The van der Waals surface area contributed by atoms with Gasteiger partial charge in [0.1, 0.15) is 18.3 Å². The zero-order valence-electron chi connectivity index (χ0n) is 18.7. The number of hydrogen-bond donors (Lipinski definition) is 0. The second-order valence-electron chi connectivity index (χ2n) is 7.32. The minimum Gasteiger partial charge on any atom is -0.726 e. The van der Waals surface area contributed by atoms with Crippen LogP contribution in [0.15, 0.2) is 73.3 Å². The molecule has 1 saturated heterocycles. The van der Waals surface area contributed by atoms with E-state index in [4.69, 9.17) is 23.1 Å². The van der Waals surface area contributed by atoms with Crippen molar-refractivity contribution in [2.75, 3.05) is 6.61 Å². The molecule has 10 heteroatoms. The van der Waals surface area contributed by atoms with Crippen molar-refractivity contribution < 1.29 is 65.7 Å². The van der Waals surface area contributed by atoms with Crippen LogP contribution in [0.4, 0.5) is 0 Å². The summed E-state index contributed by atoms with van der Waals surface area (Å²) in [7, 11) is -5.02. The molecule has 3 rings (SSSR count). The maximum Gasteiger partial charge on any atom is 1.00 e. The number of benzene rings is 2. The Kier molecular flexibility index (Phi) is 11.7. The number of hydrogen-bond acceptors (Lipinski definition) is 8. The first-order valence-corrected chi connectivity index (χ1v) is 11.5. The third-order valence-corrected chi connectivity index (χ3v) is 5.36. The normalized spacial score (nSPS) is 25.2. The summed E-state index contributed by atoms with van der Waals surface area (Å²) in [6.07, 6.45) is -3.19. The molecule has 0 amide bonds. The molecule has 1 aliphatic heterocycles. The Balaban J connectivity index is 0.00000385. The van der Waals surface area contributed by atoms with Crippen LogP contribution in [0, 0.1) is 0 Å². The van der Waals surface area contributed by atoms with E-state index in [0.29, 0.717) is 0 Å². The van der Waals surface area contributed by atoms with Gasteiger partial charge < -0.3 is 23.5 Å². The molecule has 8 nitrogen and oxygen atoms in total. The van der Waals surface area contributed by atoms with E-state index in [2.05, 4.69) is 6.58 Å². The molecular formula is C23H27NaO8S. The average Bonchev–Trinajstić information content (AvgIpc) is 2.78. The Labute approximate surface area is 217 Å². The van der Waals surface area contributed by atoms with E-state index in [1.54, 1.807) is 13.0 Å². The molecule has 1 heterocycles. The van der Waals surface area contributed by atoms with Crippen LogP contribution in [0.3, 0.4) is 0 Å². The quantitative estimate of drug-likeness (QED) is 0.189. The molecule has 0 aliphatic carbocycles. The van der Waals surface area contributed by atoms with Crippen LogP contribution in [0.5, 0.6) is 0 Å². The maximum absolute atomic E-state index is 11.4. The predicted octanol–water partition coefficient (Wildman–Crippen LogP) is -0.0460. The first-order chi connectivity index (χ1) is 15.4. The van der Waals surface area contributed by atoms with E-state index in [1.807, 2.05) is 60.7 Å². The molecule has 2 aromatic carbocycles. The van der Waals surface area contributed by atoms with Gasteiger partial charge >= 0.3 is 29.6 Å². The van der Waals surface area contributed by atoms with Crippen LogP contribution in [0.25, 0.3) is 0 Å². The second kappa shape index (κ2) is 13.7. The molecule has 2 aromatic rings. The first-order valence-electron chi connectivity index (χ1n) is 10.2. The number of ether oxygens (including phenoxy) is 4. The Bertz CT molecular complexity index is 941. The van der Waals surface area contributed by atoms with Gasteiger partial charge in [-0.1, -0.05) is 66.7 Å². The summed E-state index contributed by atoms with van der Waals surface area (Å²) in [5.41, 5.74) is 1.75. The van der Waals surface area contributed by atoms with Gasteiger partial charge in [0.25, 0.3) is 0 Å². The summed E-state index contributed by atoms with van der Waals surface area (Å²) in [6, 6.07) is 18.8. The fourth-order valence-corrected chi connectivity index (χ4v) is 3.98. The van der Waals surface area contributed by atoms with Crippen molar-refractivity contribution in [3.63, 3.8) is 0 Å². The smallest absolute Gasteiger partial charge is 0.726 e.